The Hall–Kier alpha value is -3.16. The number of rotatable bonds is 7. The molecule has 0 spiro atoms. The number of anilines is 1. The highest BCUT2D eigenvalue weighted by atomic mass is 19.3. The summed E-state index contributed by atoms with van der Waals surface area (Å²) >= 11 is 0. The molecule has 0 aromatic heterocycles. The van der Waals surface area contributed by atoms with Crippen LogP contribution in [0.25, 0.3) is 0 Å². The van der Waals surface area contributed by atoms with E-state index in [-0.39, 0.29) is 17.1 Å². The average molecular weight is 365 g/mol. The van der Waals surface area contributed by atoms with Crippen LogP contribution in [0.5, 0.6) is 11.5 Å². The molecule has 8 heteroatoms. The number of nitrogens with one attached hydrogen (secondary N) is 1. The minimum absolute atomic E-state index is 0.0341. The summed E-state index contributed by atoms with van der Waals surface area (Å²) in [6, 6.07) is 10.7. The summed E-state index contributed by atoms with van der Waals surface area (Å²) in [7, 11) is 1.25. The molecule has 2 aromatic carbocycles. The van der Waals surface area contributed by atoms with E-state index in [2.05, 4.69) is 10.1 Å². The summed E-state index contributed by atoms with van der Waals surface area (Å²) in [4.78, 5) is 23.9. The summed E-state index contributed by atoms with van der Waals surface area (Å²) in [5, 5.41) is 2.60. The minimum atomic E-state index is -3.02. The Labute approximate surface area is 148 Å². The molecule has 0 radical (unpaired) electrons. The molecule has 0 aliphatic carbocycles. The predicted octanol–water partition coefficient (Wildman–Crippen LogP) is 3.40. The molecule has 2 aromatic rings. The number of ether oxygens (including phenoxy) is 3. The number of aryl methyl sites for hydroxylation is 1. The van der Waals surface area contributed by atoms with Gasteiger partial charge in [-0.05, 0) is 42.8 Å². The molecular formula is C18H17F2NO5. The van der Waals surface area contributed by atoms with Crippen LogP contribution in [0.2, 0.25) is 0 Å². The van der Waals surface area contributed by atoms with E-state index in [4.69, 9.17) is 9.47 Å². The Balaban J connectivity index is 1.95. The number of esters is 1. The van der Waals surface area contributed by atoms with E-state index >= 15 is 0 Å². The number of benzene rings is 2. The fourth-order valence-corrected chi connectivity index (χ4v) is 2.12. The van der Waals surface area contributed by atoms with Crippen LogP contribution in [-0.4, -0.2) is 32.2 Å². The van der Waals surface area contributed by atoms with E-state index in [0.29, 0.717) is 5.69 Å². The van der Waals surface area contributed by atoms with Gasteiger partial charge in [-0.3, -0.25) is 4.79 Å². The molecule has 0 saturated carbocycles. The lowest BCUT2D eigenvalue weighted by Gasteiger charge is -2.11. The van der Waals surface area contributed by atoms with Crippen molar-refractivity contribution in [3.8, 4) is 11.5 Å². The summed E-state index contributed by atoms with van der Waals surface area (Å²) in [5.41, 5.74) is 1.59. The first-order valence-corrected chi connectivity index (χ1v) is 7.55. The quantitative estimate of drug-likeness (QED) is 0.762. The van der Waals surface area contributed by atoms with E-state index < -0.39 is 25.1 Å². The van der Waals surface area contributed by atoms with Crippen LogP contribution in [0.15, 0.2) is 42.5 Å². The van der Waals surface area contributed by atoms with Gasteiger partial charge in [-0.15, -0.1) is 0 Å². The van der Waals surface area contributed by atoms with E-state index in [9.17, 15) is 18.4 Å². The van der Waals surface area contributed by atoms with Gasteiger partial charge >= 0.3 is 12.6 Å². The SMILES string of the molecule is COc1cc(C(=O)OCC(=O)Nc2cccc(C)c2)ccc1OC(F)F. The van der Waals surface area contributed by atoms with Gasteiger partial charge in [-0.2, -0.15) is 8.78 Å². The molecule has 6 nitrogen and oxygen atoms in total. The molecule has 0 fully saturated rings. The molecule has 1 amide bonds. The topological polar surface area (TPSA) is 73.9 Å². The summed E-state index contributed by atoms with van der Waals surface area (Å²) in [6.07, 6.45) is 0. The minimum Gasteiger partial charge on any atom is -0.493 e. The second kappa shape index (κ2) is 8.80. The lowest BCUT2D eigenvalue weighted by Crippen LogP contribution is -2.21. The monoisotopic (exact) mass is 365 g/mol. The number of alkyl halides is 2. The van der Waals surface area contributed by atoms with Crippen LogP contribution in [0.4, 0.5) is 14.5 Å². The van der Waals surface area contributed by atoms with E-state index in [0.717, 1.165) is 11.6 Å². The Kier molecular flexibility index (Phi) is 6.48. The highest BCUT2D eigenvalue weighted by molar-refractivity contribution is 5.95. The number of halogens is 2. The van der Waals surface area contributed by atoms with Crippen LogP contribution in [-0.2, 0) is 9.53 Å². The van der Waals surface area contributed by atoms with Crippen molar-refractivity contribution in [1.29, 1.82) is 0 Å². The normalized spacial score (nSPS) is 10.3. The van der Waals surface area contributed by atoms with Crippen LogP contribution in [0.3, 0.4) is 0 Å². The standard InChI is InChI=1S/C18H17F2NO5/c1-11-4-3-5-13(8-11)21-16(22)10-25-17(23)12-6-7-14(26-18(19)20)15(9-12)24-2/h3-9,18H,10H2,1-2H3,(H,21,22). The number of amides is 1. The molecule has 0 unspecified atom stereocenters. The van der Waals surface area contributed by atoms with E-state index in [1.165, 1.54) is 19.2 Å². The van der Waals surface area contributed by atoms with Crippen molar-refractivity contribution in [3.63, 3.8) is 0 Å². The number of carbonyl (C=O) groups excluding carboxylic acids is 2. The molecule has 2 rings (SSSR count). The fourth-order valence-electron chi connectivity index (χ4n) is 2.12. The molecule has 0 aliphatic heterocycles. The third-order valence-electron chi connectivity index (χ3n) is 3.25. The first-order valence-electron chi connectivity index (χ1n) is 7.55. The molecule has 1 N–H and O–H groups in total. The summed E-state index contributed by atoms with van der Waals surface area (Å²) in [5.74, 6) is -1.57. The molecule has 26 heavy (non-hydrogen) atoms. The first-order chi connectivity index (χ1) is 12.4. The molecule has 0 atom stereocenters. The second-order valence-electron chi connectivity index (χ2n) is 5.24. The summed E-state index contributed by atoms with van der Waals surface area (Å²) < 4.78 is 38.7. The van der Waals surface area contributed by atoms with Crippen molar-refractivity contribution in [2.24, 2.45) is 0 Å². The van der Waals surface area contributed by atoms with Crippen LogP contribution >= 0.6 is 0 Å². The van der Waals surface area contributed by atoms with E-state index in [1.54, 1.807) is 18.2 Å². The lowest BCUT2D eigenvalue weighted by molar-refractivity contribution is -0.119. The molecule has 0 aliphatic rings. The van der Waals surface area contributed by atoms with Gasteiger partial charge < -0.3 is 19.5 Å². The first kappa shape index (κ1) is 19.2. The van der Waals surface area contributed by atoms with Crippen molar-refractivity contribution in [2.75, 3.05) is 19.0 Å². The predicted molar refractivity (Wildman–Crippen MR) is 89.7 cm³/mol. The van der Waals surface area contributed by atoms with Gasteiger partial charge in [-0.25, -0.2) is 4.79 Å². The van der Waals surface area contributed by atoms with Crippen molar-refractivity contribution in [2.45, 2.75) is 13.5 Å². The van der Waals surface area contributed by atoms with Gasteiger partial charge in [0.1, 0.15) is 0 Å². The maximum absolute atomic E-state index is 12.3. The van der Waals surface area contributed by atoms with Gasteiger partial charge in [0.25, 0.3) is 5.91 Å². The fraction of sp³-hybridized carbons (Fsp3) is 0.222. The van der Waals surface area contributed by atoms with Crippen molar-refractivity contribution >= 4 is 17.6 Å². The lowest BCUT2D eigenvalue weighted by atomic mass is 10.2. The average Bonchev–Trinajstić information content (AvgIpc) is 2.59. The molecular weight excluding hydrogens is 348 g/mol. The van der Waals surface area contributed by atoms with Crippen molar-refractivity contribution in [3.05, 3.63) is 53.6 Å². The van der Waals surface area contributed by atoms with Crippen LogP contribution < -0.4 is 14.8 Å². The van der Waals surface area contributed by atoms with Gasteiger partial charge in [0.15, 0.2) is 18.1 Å². The highest BCUT2D eigenvalue weighted by Crippen LogP contribution is 2.29. The Morgan fingerprint density at radius 1 is 1.12 bits per heavy atom. The molecule has 0 saturated heterocycles. The zero-order chi connectivity index (χ0) is 19.1. The second-order valence-corrected chi connectivity index (χ2v) is 5.24. The maximum atomic E-state index is 12.3. The number of hydrogen-bond donors (Lipinski definition) is 1. The van der Waals surface area contributed by atoms with Gasteiger partial charge in [0.2, 0.25) is 0 Å². The van der Waals surface area contributed by atoms with Crippen molar-refractivity contribution < 1.29 is 32.6 Å². The number of hydrogen-bond acceptors (Lipinski definition) is 5. The van der Waals surface area contributed by atoms with Crippen molar-refractivity contribution in [1.82, 2.24) is 0 Å². The molecule has 0 heterocycles. The van der Waals surface area contributed by atoms with Crippen LogP contribution in [0, 0.1) is 6.92 Å². The van der Waals surface area contributed by atoms with Gasteiger partial charge in [0, 0.05) is 5.69 Å². The third-order valence-corrected chi connectivity index (χ3v) is 3.25. The molecule has 138 valence electrons. The van der Waals surface area contributed by atoms with Gasteiger partial charge in [-0.1, -0.05) is 12.1 Å². The third kappa shape index (κ3) is 5.44. The Morgan fingerprint density at radius 3 is 2.54 bits per heavy atom. The zero-order valence-corrected chi connectivity index (χ0v) is 14.1. The largest absolute Gasteiger partial charge is 0.493 e. The smallest absolute Gasteiger partial charge is 0.387 e. The zero-order valence-electron chi connectivity index (χ0n) is 14.1. The highest BCUT2D eigenvalue weighted by Gasteiger charge is 2.16. The Morgan fingerprint density at radius 2 is 1.88 bits per heavy atom. The van der Waals surface area contributed by atoms with E-state index in [1.807, 2.05) is 13.0 Å². The summed E-state index contributed by atoms with van der Waals surface area (Å²) in [6.45, 7) is -1.64. The Bertz CT molecular complexity index is 795. The van der Waals surface area contributed by atoms with Crippen LogP contribution in [0.1, 0.15) is 15.9 Å². The number of carbonyl (C=O) groups is 2. The molecule has 0 bridgehead atoms. The maximum Gasteiger partial charge on any atom is 0.387 e. The van der Waals surface area contributed by atoms with Gasteiger partial charge in [0.05, 0.1) is 12.7 Å². The number of methoxy groups -OCH3 is 1.